The molecule has 4 rings (SSSR count). The quantitative estimate of drug-likeness (QED) is 0.549. The largest absolute Gasteiger partial charge is 0.461 e. The molecule has 0 radical (unpaired) electrons. The molecule has 1 saturated carbocycles. The summed E-state index contributed by atoms with van der Waals surface area (Å²) in [5, 5.41) is 2.94. The summed E-state index contributed by atoms with van der Waals surface area (Å²) in [7, 11) is -3.76. The Labute approximate surface area is 167 Å². The Kier molecular flexibility index (Phi) is 5.13. The van der Waals surface area contributed by atoms with Crippen LogP contribution in [-0.2, 0) is 21.3 Å². The predicted molar refractivity (Wildman–Crippen MR) is 106 cm³/mol. The number of aromatic nitrogens is 2. The van der Waals surface area contributed by atoms with Crippen molar-refractivity contribution >= 4 is 38.2 Å². The van der Waals surface area contributed by atoms with E-state index in [0.717, 1.165) is 18.2 Å². The number of hydrogen-bond acceptors (Lipinski definition) is 7. The van der Waals surface area contributed by atoms with Crippen molar-refractivity contribution in [1.82, 2.24) is 14.3 Å². The van der Waals surface area contributed by atoms with Crippen molar-refractivity contribution in [1.29, 1.82) is 0 Å². The maximum atomic E-state index is 13.4. The van der Waals surface area contributed by atoms with Gasteiger partial charge in [-0.05, 0) is 31.9 Å². The van der Waals surface area contributed by atoms with Crippen LogP contribution in [-0.4, -0.2) is 41.3 Å². The lowest BCUT2D eigenvalue weighted by Gasteiger charge is -2.21. The lowest BCUT2D eigenvalue weighted by molar-refractivity contribution is 0.0520. The van der Waals surface area contributed by atoms with E-state index in [-0.39, 0.29) is 29.8 Å². The van der Waals surface area contributed by atoms with Crippen molar-refractivity contribution in [2.24, 2.45) is 0 Å². The Morgan fingerprint density at radius 2 is 2.07 bits per heavy atom. The highest BCUT2D eigenvalue weighted by Crippen LogP contribution is 2.35. The highest BCUT2D eigenvalue weighted by atomic mass is 32.2. The molecule has 9 heteroatoms. The minimum absolute atomic E-state index is 0.0566. The predicted octanol–water partition coefficient (Wildman–Crippen LogP) is 3.22. The number of rotatable bonds is 7. The second-order valence-corrected chi connectivity index (χ2v) is 9.26. The van der Waals surface area contributed by atoms with Crippen LogP contribution in [0.15, 0.2) is 46.8 Å². The monoisotopic (exact) mass is 417 g/mol. The van der Waals surface area contributed by atoms with Crippen LogP contribution in [0.3, 0.4) is 0 Å². The molecule has 0 amide bonds. The molecule has 2 heterocycles. The van der Waals surface area contributed by atoms with Crippen LogP contribution in [0.1, 0.15) is 35.3 Å². The molecular weight excluding hydrogens is 398 g/mol. The topological polar surface area (TPSA) is 89.5 Å². The maximum absolute atomic E-state index is 13.4. The van der Waals surface area contributed by atoms with Gasteiger partial charge < -0.3 is 4.74 Å². The molecule has 1 fully saturated rings. The van der Waals surface area contributed by atoms with Gasteiger partial charge in [0.2, 0.25) is 10.0 Å². The van der Waals surface area contributed by atoms with E-state index in [1.54, 1.807) is 36.7 Å². The first-order chi connectivity index (χ1) is 13.5. The van der Waals surface area contributed by atoms with Gasteiger partial charge >= 0.3 is 5.97 Å². The molecule has 7 nitrogen and oxygen atoms in total. The van der Waals surface area contributed by atoms with Crippen LogP contribution in [0.25, 0.3) is 10.9 Å². The van der Waals surface area contributed by atoms with Crippen molar-refractivity contribution in [2.75, 3.05) is 6.61 Å². The fourth-order valence-corrected chi connectivity index (χ4v) is 5.66. The van der Waals surface area contributed by atoms with Gasteiger partial charge in [-0.3, -0.25) is 4.98 Å². The summed E-state index contributed by atoms with van der Waals surface area (Å²) in [6.07, 6.45) is 3.22. The molecular formula is C19H19N3O4S2. The number of pyridine rings is 1. The number of para-hydroxylation sites is 1. The number of esters is 1. The molecule has 1 aliphatic carbocycles. The molecule has 0 bridgehead atoms. The summed E-state index contributed by atoms with van der Waals surface area (Å²) in [4.78, 5) is 20.6. The molecule has 0 saturated heterocycles. The van der Waals surface area contributed by atoms with Gasteiger partial charge in [0.05, 0.1) is 18.7 Å². The number of carbonyl (C=O) groups excluding carboxylic acids is 1. The summed E-state index contributed by atoms with van der Waals surface area (Å²) in [5.74, 6) is -0.496. The van der Waals surface area contributed by atoms with Crippen molar-refractivity contribution in [3.63, 3.8) is 0 Å². The summed E-state index contributed by atoms with van der Waals surface area (Å²) in [5.41, 5.74) is 0.670. The first kappa shape index (κ1) is 19.0. The van der Waals surface area contributed by atoms with Crippen molar-refractivity contribution < 1.29 is 17.9 Å². The third kappa shape index (κ3) is 3.65. The standard InChI is InChI=1S/C19H19N3O4S2/c1-2-26-19(23)15-12-27-17(21-15)11-22(14-8-9-14)28(24,25)16-7-3-5-13-6-4-10-20-18(13)16/h3-7,10,12,14H,2,8-9,11H2,1H3. The van der Waals surface area contributed by atoms with Gasteiger partial charge in [-0.25, -0.2) is 18.2 Å². The van der Waals surface area contributed by atoms with Crippen LogP contribution in [0, 0.1) is 0 Å². The zero-order valence-corrected chi connectivity index (χ0v) is 16.9. The van der Waals surface area contributed by atoms with Crippen LogP contribution in [0.2, 0.25) is 0 Å². The SMILES string of the molecule is CCOC(=O)c1csc(CN(C2CC2)S(=O)(=O)c2cccc3cccnc23)n1. The van der Waals surface area contributed by atoms with Gasteiger partial charge in [-0.2, -0.15) is 4.31 Å². The molecule has 0 aliphatic heterocycles. The summed E-state index contributed by atoms with van der Waals surface area (Å²) in [6.45, 7) is 2.12. The highest BCUT2D eigenvalue weighted by molar-refractivity contribution is 7.89. The smallest absolute Gasteiger partial charge is 0.357 e. The number of carbonyl (C=O) groups is 1. The number of thiazole rings is 1. The normalized spacial score (nSPS) is 14.5. The number of benzene rings is 1. The molecule has 146 valence electrons. The van der Waals surface area contributed by atoms with E-state index < -0.39 is 16.0 Å². The number of hydrogen-bond donors (Lipinski definition) is 0. The van der Waals surface area contributed by atoms with Crippen molar-refractivity contribution in [3.8, 4) is 0 Å². The van der Waals surface area contributed by atoms with Gasteiger partial charge in [0, 0.05) is 23.0 Å². The first-order valence-electron chi connectivity index (χ1n) is 8.98. The van der Waals surface area contributed by atoms with Crippen LogP contribution < -0.4 is 0 Å². The van der Waals surface area contributed by atoms with E-state index in [4.69, 9.17) is 4.74 Å². The highest BCUT2D eigenvalue weighted by Gasteiger charge is 2.39. The number of ether oxygens (including phenoxy) is 1. The Hall–Kier alpha value is -2.36. The van der Waals surface area contributed by atoms with Gasteiger partial charge in [0.15, 0.2) is 5.69 Å². The lowest BCUT2D eigenvalue weighted by Crippen LogP contribution is -2.33. The fraction of sp³-hybridized carbons (Fsp3) is 0.316. The van der Waals surface area contributed by atoms with Crippen molar-refractivity contribution in [2.45, 2.75) is 37.2 Å². The van der Waals surface area contributed by atoms with Gasteiger partial charge in [-0.15, -0.1) is 11.3 Å². The van der Waals surface area contributed by atoms with Crippen LogP contribution in [0.4, 0.5) is 0 Å². The zero-order chi connectivity index (χ0) is 19.7. The summed E-state index contributed by atoms with van der Waals surface area (Å²) < 4.78 is 33.3. The molecule has 3 aromatic rings. The second kappa shape index (κ2) is 7.57. The molecule has 0 N–H and O–H groups in total. The fourth-order valence-electron chi connectivity index (χ4n) is 3.00. The molecule has 2 aromatic heterocycles. The molecule has 1 aliphatic rings. The minimum Gasteiger partial charge on any atom is -0.461 e. The Morgan fingerprint density at radius 1 is 1.29 bits per heavy atom. The number of sulfonamides is 1. The van der Waals surface area contributed by atoms with E-state index >= 15 is 0 Å². The molecule has 1 aromatic carbocycles. The molecule has 0 unspecified atom stereocenters. The molecule has 28 heavy (non-hydrogen) atoms. The van der Waals surface area contributed by atoms with Crippen molar-refractivity contribution in [3.05, 3.63) is 52.6 Å². The molecule has 0 spiro atoms. The zero-order valence-electron chi connectivity index (χ0n) is 15.2. The van der Waals surface area contributed by atoms with E-state index in [2.05, 4.69) is 9.97 Å². The third-order valence-corrected chi connectivity index (χ3v) is 7.23. The van der Waals surface area contributed by atoms with Gasteiger partial charge in [0.25, 0.3) is 0 Å². The summed E-state index contributed by atoms with van der Waals surface area (Å²) >= 11 is 1.26. The average Bonchev–Trinajstić information content (AvgIpc) is 3.42. The first-order valence-corrected chi connectivity index (χ1v) is 11.3. The Morgan fingerprint density at radius 3 is 2.82 bits per heavy atom. The van der Waals surface area contributed by atoms with E-state index in [9.17, 15) is 13.2 Å². The Balaban J connectivity index is 1.67. The van der Waals surface area contributed by atoms with E-state index in [1.807, 2.05) is 12.1 Å². The van der Waals surface area contributed by atoms with E-state index in [1.165, 1.54) is 15.6 Å². The molecule has 0 atom stereocenters. The van der Waals surface area contributed by atoms with Gasteiger partial charge in [0.1, 0.15) is 9.90 Å². The number of nitrogens with zero attached hydrogens (tertiary/aromatic N) is 3. The second-order valence-electron chi connectivity index (χ2n) is 6.46. The Bertz CT molecular complexity index is 1120. The van der Waals surface area contributed by atoms with Gasteiger partial charge in [-0.1, -0.05) is 18.2 Å². The summed E-state index contributed by atoms with van der Waals surface area (Å²) in [6, 6.07) is 8.73. The maximum Gasteiger partial charge on any atom is 0.357 e. The average molecular weight is 418 g/mol. The number of fused-ring (bicyclic) bond motifs is 1. The lowest BCUT2D eigenvalue weighted by atomic mass is 10.2. The van der Waals surface area contributed by atoms with Crippen LogP contribution >= 0.6 is 11.3 Å². The minimum atomic E-state index is -3.76. The van der Waals surface area contributed by atoms with Crippen LogP contribution in [0.5, 0.6) is 0 Å². The third-order valence-electron chi connectivity index (χ3n) is 4.46. The van der Waals surface area contributed by atoms with E-state index in [0.29, 0.717) is 10.5 Å².